The van der Waals surface area contributed by atoms with Crippen molar-refractivity contribution < 1.29 is 5.11 Å². The molecule has 90 valence electrons. The molecule has 0 spiro atoms. The van der Waals surface area contributed by atoms with E-state index in [1.165, 1.54) is 6.33 Å². The number of fused-ring (bicyclic) bond motifs is 1. The van der Waals surface area contributed by atoms with Gasteiger partial charge in [0.05, 0.1) is 18.2 Å². The molecule has 3 N–H and O–H groups in total. The summed E-state index contributed by atoms with van der Waals surface area (Å²) in [5, 5.41) is 10.1. The Balaban J connectivity index is 2.57. The van der Waals surface area contributed by atoms with Crippen LogP contribution in [0.4, 0.5) is 11.5 Å². The molecule has 1 aromatic heterocycles. The van der Waals surface area contributed by atoms with Crippen LogP contribution in [-0.2, 0) is 0 Å². The van der Waals surface area contributed by atoms with Crippen molar-refractivity contribution in [1.29, 1.82) is 0 Å². The molecule has 0 fully saturated rings. The number of benzene rings is 1. The molecule has 0 aliphatic carbocycles. The summed E-state index contributed by atoms with van der Waals surface area (Å²) >= 11 is 0. The maximum atomic E-state index is 9.18. The van der Waals surface area contributed by atoms with Crippen molar-refractivity contribution in [3.63, 3.8) is 0 Å². The van der Waals surface area contributed by atoms with Gasteiger partial charge in [-0.3, -0.25) is 0 Å². The zero-order valence-electron chi connectivity index (χ0n) is 9.96. The minimum Gasteiger partial charge on any atom is -0.399 e. The lowest BCUT2D eigenvalue weighted by Gasteiger charge is -2.25. The Hall–Kier alpha value is -1.88. The van der Waals surface area contributed by atoms with E-state index < -0.39 is 0 Å². The highest BCUT2D eigenvalue weighted by molar-refractivity contribution is 5.91. The lowest BCUT2D eigenvalue weighted by atomic mass is 10.2. The predicted octanol–water partition coefficient (Wildman–Crippen LogP) is 1.03. The van der Waals surface area contributed by atoms with Gasteiger partial charge in [-0.05, 0) is 25.1 Å². The molecule has 0 aliphatic heterocycles. The van der Waals surface area contributed by atoms with Gasteiger partial charge < -0.3 is 15.7 Å². The molecule has 17 heavy (non-hydrogen) atoms. The molecular weight excluding hydrogens is 216 g/mol. The molecule has 0 bridgehead atoms. The molecule has 1 atom stereocenters. The standard InChI is InChI=1S/C12H16N4O/c1-8(6-17)16(2)12-10-5-9(13)3-4-11(10)14-7-15-12/h3-5,7-8,17H,6,13H2,1-2H3. The second-order valence-electron chi connectivity index (χ2n) is 4.12. The van der Waals surface area contributed by atoms with E-state index in [4.69, 9.17) is 5.73 Å². The molecule has 5 nitrogen and oxygen atoms in total. The highest BCUT2D eigenvalue weighted by Crippen LogP contribution is 2.24. The highest BCUT2D eigenvalue weighted by Gasteiger charge is 2.13. The molecule has 2 aromatic rings. The number of likely N-dealkylation sites (N-methyl/N-ethyl adjacent to an activating group) is 1. The summed E-state index contributed by atoms with van der Waals surface area (Å²) in [6.07, 6.45) is 1.52. The summed E-state index contributed by atoms with van der Waals surface area (Å²) in [5.41, 5.74) is 7.31. The molecule has 0 amide bonds. The number of hydrogen-bond donors (Lipinski definition) is 2. The monoisotopic (exact) mass is 232 g/mol. The van der Waals surface area contributed by atoms with Gasteiger partial charge in [0.2, 0.25) is 0 Å². The predicted molar refractivity (Wildman–Crippen MR) is 68.9 cm³/mol. The fourth-order valence-corrected chi connectivity index (χ4v) is 1.67. The lowest BCUT2D eigenvalue weighted by Crippen LogP contribution is -2.32. The largest absolute Gasteiger partial charge is 0.399 e. The fraction of sp³-hybridized carbons (Fsp3) is 0.333. The molecule has 1 heterocycles. The fourth-order valence-electron chi connectivity index (χ4n) is 1.67. The Morgan fingerprint density at radius 3 is 2.88 bits per heavy atom. The van der Waals surface area contributed by atoms with Gasteiger partial charge in [-0.15, -0.1) is 0 Å². The molecule has 0 aliphatic rings. The number of aliphatic hydroxyl groups is 1. The van der Waals surface area contributed by atoms with E-state index in [2.05, 4.69) is 9.97 Å². The smallest absolute Gasteiger partial charge is 0.140 e. The minimum absolute atomic E-state index is 0.00506. The van der Waals surface area contributed by atoms with Crippen molar-refractivity contribution in [1.82, 2.24) is 9.97 Å². The molecule has 1 aromatic carbocycles. The van der Waals surface area contributed by atoms with E-state index in [1.54, 1.807) is 0 Å². The van der Waals surface area contributed by atoms with Gasteiger partial charge in [0, 0.05) is 18.1 Å². The van der Waals surface area contributed by atoms with E-state index in [-0.39, 0.29) is 12.6 Å². The summed E-state index contributed by atoms with van der Waals surface area (Å²) < 4.78 is 0. The van der Waals surface area contributed by atoms with Gasteiger partial charge in [-0.1, -0.05) is 0 Å². The Bertz CT molecular complexity index is 529. The van der Waals surface area contributed by atoms with Crippen LogP contribution < -0.4 is 10.6 Å². The zero-order valence-corrected chi connectivity index (χ0v) is 9.96. The average molecular weight is 232 g/mol. The summed E-state index contributed by atoms with van der Waals surface area (Å²) in [4.78, 5) is 10.4. The normalized spacial score (nSPS) is 12.6. The first kappa shape index (κ1) is 11.6. The Morgan fingerprint density at radius 1 is 1.41 bits per heavy atom. The van der Waals surface area contributed by atoms with E-state index in [1.807, 2.05) is 37.1 Å². The molecular formula is C12H16N4O. The number of anilines is 2. The summed E-state index contributed by atoms with van der Waals surface area (Å²) in [6.45, 7) is 2.00. The number of nitrogen functional groups attached to an aromatic ring is 1. The van der Waals surface area contributed by atoms with Crippen LogP contribution in [0.5, 0.6) is 0 Å². The Kier molecular flexibility index (Phi) is 3.10. The third-order valence-electron chi connectivity index (χ3n) is 2.90. The summed E-state index contributed by atoms with van der Waals surface area (Å²) in [7, 11) is 1.89. The van der Waals surface area contributed by atoms with E-state index in [9.17, 15) is 5.11 Å². The van der Waals surface area contributed by atoms with Gasteiger partial charge in [0.1, 0.15) is 12.1 Å². The third-order valence-corrected chi connectivity index (χ3v) is 2.90. The number of nitrogens with zero attached hydrogens (tertiary/aromatic N) is 3. The van der Waals surface area contributed by atoms with E-state index >= 15 is 0 Å². The van der Waals surface area contributed by atoms with Crippen molar-refractivity contribution in [2.75, 3.05) is 24.3 Å². The van der Waals surface area contributed by atoms with E-state index in [0.29, 0.717) is 5.69 Å². The van der Waals surface area contributed by atoms with Crippen LogP contribution in [-0.4, -0.2) is 34.8 Å². The molecule has 0 saturated heterocycles. The maximum absolute atomic E-state index is 9.18. The van der Waals surface area contributed by atoms with Gasteiger partial charge >= 0.3 is 0 Å². The maximum Gasteiger partial charge on any atom is 0.140 e. The molecule has 5 heteroatoms. The van der Waals surface area contributed by atoms with Gasteiger partial charge in [0.25, 0.3) is 0 Å². The number of nitrogens with two attached hydrogens (primary N) is 1. The summed E-state index contributed by atoms with van der Waals surface area (Å²) in [6, 6.07) is 5.53. The average Bonchev–Trinajstić information content (AvgIpc) is 2.36. The first-order valence-corrected chi connectivity index (χ1v) is 5.47. The van der Waals surface area contributed by atoms with Crippen LogP contribution in [0.15, 0.2) is 24.5 Å². The van der Waals surface area contributed by atoms with Crippen molar-refractivity contribution >= 4 is 22.4 Å². The zero-order chi connectivity index (χ0) is 12.4. The Morgan fingerprint density at radius 2 is 2.18 bits per heavy atom. The lowest BCUT2D eigenvalue weighted by molar-refractivity contribution is 0.270. The van der Waals surface area contributed by atoms with Crippen molar-refractivity contribution in [2.45, 2.75) is 13.0 Å². The first-order valence-electron chi connectivity index (χ1n) is 5.47. The second kappa shape index (κ2) is 4.55. The van der Waals surface area contributed by atoms with Crippen LogP contribution >= 0.6 is 0 Å². The van der Waals surface area contributed by atoms with Crippen LogP contribution in [0, 0.1) is 0 Å². The number of aliphatic hydroxyl groups excluding tert-OH is 1. The van der Waals surface area contributed by atoms with Crippen molar-refractivity contribution in [3.8, 4) is 0 Å². The highest BCUT2D eigenvalue weighted by atomic mass is 16.3. The quantitative estimate of drug-likeness (QED) is 0.773. The van der Waals surface area contributed by atoms with Crippen LogP contribution in [0.25, 0.3) is 10.9 Å². The van der Waals surface area contributed by atoms with Gasteiger partial charge in [-0.25, -0.2) is 9.97 Å². The number of aromatic nitrogens is 2. The van der Waals surface area contributed by atoms with Crippen molar-refractivity contribution in [3.05, 3.63) is 24.5 Å². The van der Waals surface area contributed by atoms with Crippen LogP contribution in [0.2, 0.25) is 0 Å². The topological polar surface area (TPSA) is 75.3 Å². The minimum atomic E-state index is -0.00506. The first-order chi connectivity index (χ1) is 8.13. The molecule has 0 saturated carbocycles. The van der Waals surface area contributed by atoms with Gasteiger partial charge in [-0.2, -0.15) is 0 Å². The van der Waals surface area contributed by atoms with Crippen molar-refractivity contribution in [2.24, 2.45) is 0 Å². The van der Waals surface area contributed by atoms with Crippen LogP contribution in [0.1, 0.15) is 6.92 Å². The summed E-state index contributed by atoms with van der Waals surface area (Å²) in [5.74, 6) is 0.781. The van der Waals surface area contributed by atoms with Gasteiger partial charge in [0.15, 0.2) is 0 Å². The third kappa shape index (κ3) is 2.14. The van der Waals surface area contributed by atoms with E-state index in [0.717, 1.165) is 16.7 Å². The molecule has 2 rings (SSSR count). The molecule has 0 radical (unpaired) electrons. The second-order valence-corrected chi connectivity index (χ2v) is 4.12. The number of hydrogen-bond acceptors (Lipinski definition) is 5. The molecule has 1 unspecified atom stereocenters. The van der Waals surface area contributed by atoms with Crippen LogP contribution in [0.3, 0.4) is 0 Å². The SMILES string of the molecule is CC(CO)N(C)c1ncnc2ccc(N)cc12. The Labute approximate surface area is 99.9 Å². The number of rotatable bonds is 3.